The zero-order valence-electron chi connectivity index (χ0n) is 14.4. The largest absolute Gasteiger partial charge is 0.496 e. The first-order chi connectivity index (χ1) is 11.2. The van der Waals surface area contributed by atoms with Crippen LogP contribution in [0.4, 0.5) is 0 Å². The van der Waals surface area contributed by atoms with Gasteiger partial charge in [-0.05, 0) is 39.0 Å². The molecule has 1 aliphatic heterocycles. The molecule has 0 N–H and O–H groups in total. The van der Waals surface area contributed by atoms with Crippen molar-refractivity contribution in [2.45, 2.75) is 38.9 Å². The Balaban J connectivity index is 2.26. The van der Waals surface area contributed by atoms with Gasteiger partial charge in [0.1, 0.15) is 16.9 Å². The summed E-state index contributed by atoms with van der Waals surface area (Å²) >= 11 is 0. The van der Waals surface area contributed by atoms with Crippen molar-refractivity contribution in [2.24, 2.45) is 5.16 Å². The van der Waals surface area contributed by atoms with Crippen molar-refractivity contribution in [3.8, 4) is 5.75 Å². The van der Waals surface area contributed by atoms with Gasteiger partial charge in [-0.15, -0.1) is 0 Å². The van der Waals surface area contributed by atoms with Gasteiger partial charge in [-0.1, -0.05) is 5.16 Å². The number of ether oxygens (including phenoxy) is 3. The molecule has 7 heteroatoms. The molecule has 1 aromatic rings. The maximum absolute atomic E-state index is 12.4. The first-order valence-corrected chi connectivity index (χ1v) is 7.47. The number of benzene rings is 1. The summed E-state index contributed by atoms with van der Waals surface area (Å²) in [5.74, 6) is -0.586. The minimum absolute atomic E-state index is 0.271. The van der Waals surface area contributed by atoms with Crippen LogP contribution >= 0.6 is 0 Å². The summed E-state index contributed by atoms with van der Waals surface area (Å²) in [5.41, 5.74) is 0.872. The van der Waals surface area contributed by atoms with E-state index in [2.05, 4.69) is 9.89 Å². The minimum Gasteiger partial charge on any atom is -0.496 e. The second-order valence-corrected chi connectivity index (χ2v) is 6.28. The maximum atomic E-state index is 12.4. The van der Waals surface area contributed by atoms with Gasteiger partial charge in [0, 0.05) is 12.0 Å². The molecule has 0 amide bonds. The maximum Gasteiger partial charge on any atom is 0.350 e. The van der Waals surface area contributed by atoms with E-state index in [9.17, 15) is 9.59 Å². The predicted molar refractivity (Wildman–Crippen MR) is 86.2 cm³/mol. The molecule has 24 heavy (non-hydrogen) atoms. The van der Waals surface area contributed by atoms with Gasteiger partial charge in [0.05, 0.1) is 19.9 Å². The second kappa shape index (κ2) is 6.90. The van der Waals surface area contributed by atoms with Gasteiger partial charge in [0.2, 0.25) is 6.10 Å². The van der Waals surface area contributed by atoms with Gasteiger partial charge in [-0.3, -0.25) is 0 Å². The van der Waals surface area contributed by atoms with Gasteiger partial charge in [0.15, 0.2) is 0 Å². The highest BCUT2D eigenvalue weighted by atomic mass is 16.7. The SMILES string of the molecule is COC(=O)C1CC(c2ccc(OC)c(C(=O)OC(C)(C)C)c2)=NO1. The quantitative estimate of drug-likeness (QED) is 0.785. The lowest BCUT2D eigenvalue weighted by atomic mass is 10.0. The molecule has 1 unspecified atom stereocenters. The van der Waals surface area contributed by atoms with Gasteiger partial charge >= 0.3 is 11.9 Å². The van der Waals surface area contributed by atoms with E-state index in [0.29, 0.717) is 17.0 Å². The van der Waals surface area contributed by atoms with Crippen LogP contribution in [0, 0.1) is 0 Å². The normalized spacial score (nSPS) is 16.9. The topological polar surface area (TPSA) is 83.4 Å². The average molecular weight is 335 g/mol. The number of hydrogen-bond acceptors (Lipinski definition) is 7. The molecule has 0 radical (unpaired) electrons. The zero-order chi connectivity index (χ0) is 17.9. The van der Waals surface area contributed by atoms with Crippen LogP contribution in [0.15, 0.2) is 23.4 Å². The average Bonchev–Trinajstić information content (AvgIpc) is 3.01. The summed E-state index contributed by atoms with van der Waals surface area (Å²) in [5, 5.41) is 3.91. The summed E-state index contributed by atoms with van der Waals surface area (Å²) in [6.07, 6.45) is -0.496. The Morgan fingerprint density at radius 1 is 1.25 bits per heavy atom. The Bertz CT molecular complexity index is 674. The number of hydrogen-bond donors (Lipinski definition) is 0. The van der Waals surface area contributed by atoms with Crippen molar-refractivity contribution in [3.05, 3.63) is 29.3 Å². The van der Waals surface area contributed by atoms with Crippen LogP contribution in [0.1, 0.15) is 43.1 Å². The highest BCUT2D eigenvalue weighted by Gasteiger charge is 2.30. The molecule has 1 atom stereocenters. The van der Waals surface area contributed by atoms with Crippen LogP contribution in [0.3, 0.4) is 0 Å². The molecule has 7 nitrogen and oxygen atoms in total. The molecule has 0 aromatic heterocycles. The van der Waals surface area contributed by atoms with E-state index in [0.717, 1.165) is 0 Å². The van der Waals surface area contributed by atoms with E-state index in [1.54, 1.807) is 39.0 Å². The summed E-state index contributed by atoms with van der Waals surface area (Å²) in [6.45, 7) is 5.37. The minimum atomic E-state index is -0.767. The van der Waals surface area contributed by atoms with Crippen LogP contribution in [0.2, 0.25) is 0 Å². The first kappa shape index (κ1) is 17.8. The lowest BCUT2D eigenvalue weighted by Crippen LogP contribution is -2.24. The van der Waals surface area contributed by atoms with Gasteiger partial charge in [-0.2, -0.15) is 0 Å². The Kier molecular flexibility index (Phi) is 5.11. The van der Waals surface area contributed by atoms with Gasteiger partial charge in [-0.25, -0.2) is 9.59 Å². The van der Waals surface area contributed by atoms with E-state index in [-0.39, 0.29) is 12.0 Å². The van der Waals surface area contributed by atoms with Crippen molar-refractivity contribution < 1.29 is 28.6 Å². The highest BCUT2D eigenvalue weighted by molar-refractivity contribution is 6.05. The molecule has 1 aromatic carbocycles. The van der Waals surface area contributed by atoms with Crippen molar-refractivity contribution in [3.63, 3.8) is 0 Å². The third-order valence-electron chi connectivity index (χ3n) is 3.28. The molecule has 0 saturated carbocycles. The van der Waals surface area contributed by atoms with Crippen LogP contribution < -0.4 is 4.74 Å². The summed E-state index contributed by atoms with van der Waals surface area (Å²) in [4.78, 5) is 29.0. The third kappa shape index (κ3) is 4.04. The second-order valence-electron chi connectivity index (χ2n) is 6.28. The Hall–Kier alpha value is -2.57. The lowest BCUT2D eigenvalue weighted by Gasteiger charge is -2.20. The van der Waals surface area contributed by atoms with E-state index >= 15 is 0 Å². The number of nitrogens with zero attached hydrogens (tertiary/aromatic N) is 1. The third-order valence-corrected chi connectivity index (χ3v) is 3.28. The summed E-state index contributed by atoms with van der Waals surface area (Å²) in [6, 6.07) is 5.02. The molecule has 0 aliphatic carbocycles. The van der Waals surface area contributed by atoms with E-state index < -0.39 is 23.6 Å². The number of rotatable bonds is 4. The Labute approximate surface area is 140 Å². The van der Waals surface area contributed by atoms with Crippen molar-refractivity contribution in [1.82, 2.24) is 0 Å². The van der Waals surface area contributed by atoms with Crippen LogP contribution in [0.5, 0.6) is 5.75 Å². The first-order valence-electron chi connectivity index (χ1n) is 7.47. The smallest absolute Gasteiger partial charge is 0.350 e. The number of esters is 2. The van der Waals surface area contributed by atoms with E-state index in [1.165, 1.54) is 14.2 Å². The molecule has 0 fully saturated rings. The van der Waals surface area contributed by atoms with E-state index in [1.807, 2.05) is 0 Å². The number of carbonyl (C=O) groups is 2. The monoisotopic (exact) mass is 335 g/mol. The predicted octanol–water partition coefficient (Wildman–Crippen LogP) is 2.32. The molecular weight excluding hydrogens is 314 g/mol. The molecule has 1 aliphatic rings. The summed E-state index contributed by atoms with van der Waals surface area (Å²) < 4.78 is 15.3. The van der Waals surface area contributed by atoms with Crippen molar-refractivity contribution in [2.75, 3.05) is 14.2 Å². The Morgan fingerprint density at radius 2 is 1.96 bits per heavy atom. The van der Waals surface area contributed by atoms with Crippen LogP contribution in [-0.4, -0.2) is 43.6 Å². The molecule has 0 spiro atoms. The van der Waals surface area contributed by atoms with Crippen LogP contribution in [-0.2, 0) is 19.1 Å². The number of methoxy groups -OCH3 is 2. The molecule has 0 bridgehead atoms. The molecule has 130 valence electrons. The fraction of sp³-hybridized carbons (Fsp3) is 0.471. The van der Waals surface area contributed by atoms with Gasteiger partial charge in [0.25, 0.3) is 0 Å². The fourth-order valence-corrected chi connectivity index (χ4v) is 2.19. The van der Waals surface area contributed by atoms with Crippen molar-refractivity contribution in [1.29, 1.82) is 0 Å². The highest BCUT2D eigenvalue weighted by Crippen LogP contribution is 2.26. The summed E-state index contributed by atoms with van der Waals surface area (Å²) in [7, 11) is 2.77. The standard InChI is InChI=1S/C17H21NO6/c1-17(2,3)23-15(19)11-8-10(6-7-13(11)21-4)12-9-14(24-18-12)16(20)22-5/h6-8,14H,9H2,1-5H3. The molecule has 2 rings (SSSR count). The molecular formula is C17H21NO6. The van der Waals surface area contributed by atoms with Gasteiger partial charge < -0.3 is 19.0 Å². The number of oxime groups is 1. The molecule has 0 saturated heterocycles. The lowest BCUT2D eigenvalue weighted by molar-refractivity contribution is -0.152. The Morgan fingerprint density at radius 3 is 2.54 bits per heavy atom. The van der Waals surface area contributed by atoms with Crippen LogP contribution in [0.25, 0.3) is 0 Å². The van der Waals surface area contributed by atoms with Crippen molar-refractivity contribution >= 4 is 17.7 Å². The molecule has 1 heterocycles. The number of carbonyl (C=O) groups excluding carboxylic acids is 2. The van der Waals surface area contributed by atoms with E-state index in [4.69, 9.17) is 14.3 Å². The zero-order valence-corrected chi connectivity index (χ0v) is 14.4. The fourth-order valence-electron chi connectivity index (χ4n) is 2.19.